The summed E-state index contributed by atoms with van der Waals surface area (Å²) in [6.45, 7) is 4.85. The Morgan fingerprint density at radius 3 is 1.42 bits per heavy atom. The van der Waals surface area contributed by atoms with Gasteiger partial charge in [-0.1, -0.05) is 166 Å². The molecule has 1 heterocycles. The van der Waals surface area contributed by atoms with Crippen LogP contribution in [0, 0.1) is 0 Å². The van der Waals surface area contributed by atoms with Crippen molar-refractivity contribution in [3.8, 4) is 33.4 Å². The van der Waals surface area contributed by atoms with Gasteiger partial charge in [-0.2, -0.15) is 0 Å². The molecular weight excluding hydrogens is 621 g/mol. The second kappa shape index (κ2) is 10.1. The highest BCUT2D eigenvalue weighted by molar-refractivity contribution is 7.26. The molecule has 0 amide bonds. The molecule has 1 aromatic heterocycles. The van der Waals surface area contributed by atoms with E-state index in [1.54, 1.807) is 0 Å². The third-order valence-corrected chi connectivity index (χ3v) is 12.6. The minimum atomic E-state index is -0.160. The Balaban J connectivity index is 1.30. The van der Waals surface area contributed by atoms with Crippen molar-refractivity contribution in [3.63, 3.8) is 0 Å². The molecule has 0 unspecified atom stereocenters. The van der Waals surface area contributed by atoms with Gasteiger partial charge in [0.05, 0.1) is 0 Å². The molecule has 0 nitrogen and oxygen atoms in total. The normalized spacial score (nSPS) is 13.6. The second-order valence-corrected chi connectivity index (χ2v) is 15.4. The van der Waals surface area contributed by atoms with Crippen molar-refractivity contribution in [1.82, 2.24) is 0 Å². The highest BCUT2D eigenvalue weighted by atomic mass is 32.1. The molecule has 0 aliphatic heterocycles. The fourth-order valence-electron chi connectivity index (χ4n) is 9.39. The third-order valence-electron chi connectivity index (χ3n) is 11.4. The smallest absolute Gasteiger partial charge is 0.0434 e. The molecule has 0 spiro atoms. The highest BCUT2D eigenvalue weighted by Crippen LogP contribution is 2.58. The minimum Gasteiger partial charge on any atom is -0.135 e. The number of thiophene rings is 1. The highest BCUT2D eigenvalue weighted by Gasteiger charge is 2.40. The summed E-state index contributed by atoms with van der Waals surface area (Å²) in [5.41, 5.74) is 10.7. The van der Waals surface area contributed by atoms with E-state index in [1.165, 1.54) is 108 Å². The summed E-state index contributed by atoms with van der Waals surface area (Å²) in [5, 5.41) is 13.2. The van der Waals surface area contributed by atoms with Crippen molar-refractivity contribution in [3.05, 3.63) is 169 Å². The molecule has 234 valence electrons. The van der Waals surface area contributed by atoms with Crippen molar-refractivity contribution in [2.45, 2.75) is 19.3 Å². The van der Waals surface area contributed by atoms with E-state index in [1.807, 2.05) is 11.3 Å². The minimum absolute atomic E-state index is 0.160. The molecule has 11 rings (SSSR count). The molecule has 50 heavy (non-hydrogen) atoms. The van der Waals surface area contributed by atoms with E-state index >= 15 is 0 Å². The second-order valence-electron chi connectivity index (χ2n) is 14.3. The number of fused-ring (bicyclic) bond motifs is 13. The van der Waals surface area contributed by atoms with Crippen LogP contribution >= 0.6 is 11.3 Å². The van der Waals surface area contributed by atoms with E-state index < -0.39 is 0 Å². The van der Waals surface area contributed by atoms with Crippen LogP contribution in [0.15, 0.2) is 158 Å². The maximum absolute atomic E-state index is 2.42. The van der Waals surface area contributed by atoms with Gasteiger partial charge in [0.2, 0.25) is 0 Å². The number of hydrogen-bond acceptors (Lipinski definition) is 1. The summed E-state index contributed by atoms with van der Waals surface area (Å²) in [6, 6.07) is 59.1. The number of benzene rings is 9. The lowest BCUT2D eigenvalue weighted by atomic mass is 9.79. The molecule has 1 heteroatoms. The Hall–Kier alpha value is -5.76. The zero-order valence-electron chi connectivity index (χ0n) is 27.9. The Morgan fingerprint density at radius 2 is 0.780 bits per heavy atom. The Kier molecular flexibility index (Phi) is 5.70. The molecule has 10 aromatic rings. The summed E-state index contributed by atoms with van der Waals surface area (Å²) in [7, 11) is 0. The topological polar surface area (TPSA) is 0 Å². The van der Waals surface area contributed by atoms with Crippen LogP contribution in [0.2, 0.25) is 0 Å². The van der Waals surface area contributed by atoms with Crippen molar-refractivity contribution in [2.24, 2.45) is 0 Å². The molecule has 1 aliphatic rings. The monoisotopic (exact) mass is 652 g/mol. The van der Waals surface area contributed by atoms with E-state index in [2.05, 4.69) is 172 Å². The lowest BCUT2D eigenvalue weighted by molar-refractivity contribution is 0.666. The molecular formula is C49H32S. The standard InChI is InChI=1S/C49H32S/c1-49(2)41-27-14-25-39(45(41)46-32-18-5-3-15-29(32)30-16-4-10-23-37(30)47(46)49)43-33-19-6-8-21-35(33)44(36-22-9-7-20-34(36)43)40-26-13-24-38-31-17-11-12-28-42(31)50-48(38)40/h3-28H,1-2H3. The third kappa shape index (κ3) is 3.60. The molecule has 1 aliphatic carbocycles. The molecule has 0 bridgehead atoms. The van der Waals surface area contributed by atoms with Gasteiger partial charge in [0, 0.05) is 31.2 Å². The summed E-state index contributed by atoms with van der Waals surface area (Å²) in [5.74, 6) is 0. The van der Waals surface area contributed by atoms with Crippen molar-refractivity contribution in [1.29, 1.82) is 0 Å². The van der Waals surface area contributed by atoms with Gasteiger partial charge in [-0.3, -0.25) is 0 Å². The van der Waals surface area contributed by atoms with Gasteiger partial charge in [0.25, 0.3) is 0 Å². The predicted molar refractivity (Wildman–Crippen MR) is 218 cm³/mol. The molecule has 0 radical (unpaired) electrons. The summed E-state index contributed by atoms with van der Waals surface area (Å²) in [6.07, 6.45) is 0. The maximum Gasteiger partial charge on any atom is 0.0434 e. The Labute approximate surface area is 294 Å². The Bertz CT molecular complexity index is 3010. The lowest BCUT2D eigenvalue weighted by Crippen LogP contribution is -2.15. The first-order chi connectivity index (χ1) is 24.6. The van der Waals surface area contributed by atoms with Crippen molar-refractivity contribution in [2.75, 3.05) is 0 Å². The van der Waals surface area contributed by atoms with Crippen LogP contribution in [-0.4, -0.2) is 0 Å². The molecule has 9 aromatic carbocycles. The van der Waals surface area contributed by atoms with Gasteiger partial charge in [0.1, 0.15) is 0 Å². The van der Waals surface area contributed by atoms with Gasteiger partial charge < -0.3 is 0 Å². The van der Waals surface area contributed by atoms with Crippen LogP contribution < -0.4 is 0 Å². The van der Waals surface area contributed by atoms with Crippen LogP contribution in [0.5, 0.6) is 0 Å². The zero-order valence-corrected chi connectivity index (χ0v) is 28.7. The summed E-state index contributed by atoms with van der Waals surface area (Å²) >= 11 is 1.91. The van der Waals surface area contributed by atoms with Crippen LogP contribution in [0.1, 0.15) is 25.0 Å². The van der Waals surface area contributed by atoms with Gasteiger partial charge in [-0.15, -0.1) is 11.3 Å². The van der Waals surface area contributed by atoms with Gasteiger partial charge in [-0.25, -0.2) is 0 Å². The molecule has 0 N–H and O–H groups in total. The average Bonchev–Trinajstić information content (AvgIpc) is 3.67. The van der Waals surface area contributed by atoms with E-state index in [0.29, 0.717) is 0 Å². The Morgan fingerprint density at radius 1 is 0.340 bits per heavy atom. The predicted octanol–water partition coefficient (Wildman–Crippen LogP) is 14.3. The number of hydrogen-bond donors (Lipinski definition) is 0. The number of rotatable bonds is 2. The van der Waals surface area contributed by atoms with Crippen molar-refractivity contribution < 1.29 is 0 Å². The van der Waals surface area contributed by atoms with E-state index in [-0.39, 0.29) is 5.41 Å². The first-order valence-corrected chi connectivity index (χ1v) is 18.3. The van der Waals surface area contributed by atoms with E-state index in [0.717, 1.165) is 0 Å². The molecule has 0 fully saturated rings. The molecule has 0 saturated carbocycles. The largest absolute Gasteiger partial charge is 0.135 e. The summed E-state index contributed by atoms with van der Waals surface area (Å²) in [4.78, 5) is 0. The summed E-state index contributed by atoms with van der Waals surface area (Å²) < 4.78 is 2.69. The van der Waals surface area contributed by atoms with Gasteiger partial charge in [0.15, 0.2) is 0 Å². The first kappa shape index (κ1) is 28.1. The van der Waals surface area contributed by atoms with Crippen LogP contribution in [0.3, 0.4) is 0 Å². The average molecular weight is 653 g/mol. The first-order valence-electron chi connectivity index (χ1n) is 17.5. The van der Waals surface area contributed by atoms with Gasteiger partial charge >= 0.3 is 0 Å². The molecule has 0 saturated heterocycles. The van der Waals surface area contributed by atoms with E-state index in [4.69, 9.17) is 0 Å². The van der Waals surface area contributed by atoms with Crippen molar-refractivity contribution >= 4 is 74.6 Å². The fraction of sp³-hybridized carbons (Fsp3) is 0.0612. The van der Waals surface area contributed by atoms with Crippen LogP contribution in [0.4, 0.5) is 0 Å². The van der Waals surface area contributed by atoms with Crippen LogP contribution in [-0.2, 0) is 5.41 Å². The SMILES string of the molecule is CC1(C)c2cccc(-c3c4ccccc4c(-c4cccc5c4sc4ccccc45)c4ccccc34)c2-c2c1c1ccccc1c1ccccc21. The maximum atomic E-state index is 2.42. The lowest BCUT2D eigenvalue weighted by Gasteiger charge is -2.24. The fourth-order valence-corrected chi connectivity index (χ4v) is 10.6. The zero-order chi connectivity index (χ0) is 33.1. The van der Waals surface area contributed by atoms with Crippen LogP contribution in [0.25, 0.3) is 96.6 Å². The molecule has 0 atom stereocenters. The van der Waals surface area contributed by atoms with Gasteiger partial charge in [-0.05, 0) is 88.1 Å². The van der Waals surface area contributed by atoms with E-state index in [9.17, 15) is 0 Å². The quantitative estimate of drug-likeness (QED) is 0.129.